The second-order valence-electron chi connectivity index (χ2n) is 2.52. The molecule has 0 saturated heterocycles. The van der Waals surface area contributed by atoms with Crippen molar-refractivity contribution in [3.8, 4) is 0 Å². The smallest absolute Gasteiger partial charge is 0.0182 e. The quantitative estimate of drug-likeness (QED) is 0.638. The average Bonchev–Trinajstić information content (AvgIpc) is 2.33. The molecule has 0 nitrogen and oxygen atoms in total. The van der Waals surface area contributed by atoms with E-state index in [1.807, 2.05) is 0 Å². The van der Waals surface area contributed by atoms with Crippen LogP contribution in [0.1, 0.15) is 4.88 Å². The fraction of sp³-hybridized carbons (Fsp3) is 0.111. The van der Waals surface area contributed by atoms with Crippen molar-refractivity contribution >= 4 is 38.0 Å². The normalized spacial score (nSPS) is 10.7. The van der Waals surface area contributed by atoms with Gasteiger partial charge in [-0.2, -0.15) is 0 Å². The predicted octanol–water partition coefficient (Wildman–Crippen LogP) is 3.97. The zero-order valence-electron chi connectivity index (χ0n) is 6.10. The Kier molecular flexibility index (Phi) is 1.74. The van der Waals surface area contributed by atoms with E-state index in [0.29, 0.717) is 0 Å². The Morgan fingerprint density at radius 3 is 3.00 bits per heavy atom. The molecule has 0 bridgehead atoms. The van der Waals surface area contributed by atoms with E-state index in [4.69, 9.17) is 0 Å². The molecule has 0 N–H and O–H groups in total. The Balaban J connectivity index is 2.87. The van der Waals surface area contributed by atoms with E-state index < -0.39 is 0 Å². The van der Waals surface area contributed by atoms with E-state index in [1.165, 1.54) is 15.6 Å². The van der Waals surface area contributed by atoms with Crippen molar-refractivity contribution in [2.45, 2.75) is 6.92 Å². The Morgan fingerprint density at radius 1 is 1.36 bits per heavy atom. The minimum absolute atomic E-state index is 1.16. The van der Waals surface area contributed by atoms with Gasteiger partial charge >= 0.3 is 0 Å². The number of thiophene rings is 1. The zero-order valence-corrected chi connectivity index (χ0v) is 8.50. The molecular weight excluding hydrogens is 220 g/mol. The summed E-state index contributed by atoms with van der Waals surface area (Å²) in [5.41, 5.74) is 0. The molecule has 0 spiro atoms. The van der Waals surface area contributed by atoms with Crippen LogP contribution in [0.2, 0.25) is 0 Å². The monoisotopic (exact) mass is 226 g/mol. The van der Waals surface area contributed by atoms with Crippen LogP contribution >= 0.6 is 27.3 Å². The number of hydrogen-bond donors (Lipinski definition) is 0. The van der Waals surface area contributed by atoms with Crippen LogP contribution in [0.4, 0.5) is 0 Å². The summed E-state index contributed by atoms with van der Waals surface area (Å²) in [7, 11) is 0. The van der Waals surface area contributed by atoms with Crippen LogP contribution in [0.25, 0.3) is 10.8 Å². The van der Waals surface area contributed by atoms with Crippen LogP contribution in [0, 0.1) is 6.92 Å². The predicted molar refractivity (Wildman–Crippen MR) is 54.3 cm³/mol. The van der Waals surface area contributed by atoms with Crippen molar-refractivity contribution in [3.63, 3.8) is 0 Å². The van der Waals surface area contributed by atoms with Gasteiger partial charge in [0.05, 0.1) is 0 Å². The van der Waals surface area contributed by atoms with Gasteiger partial charge in [-0.15, -0.1) is 11.3 Å². The first-order valence-electron chi connectivity index (χ1n) is 3.41. The van der Waals surface area contributed by atoms with E-state index in [2.05, 4.69) is 46.4 Å². The minimum Gasteiger partial charge on any atom is -0.148 e. The summed E-state index contributed by atoms with van der Waals surface area (Å²) >= 11 is 5.26. The zero-order chi connectivity index (χ0) is 7.84. The van der Waals surface area contributed by atoms with E-state index in [-0.39, 0.29) is 0 Å². The molecule has 11 heavy (non-hydrogen) atoms. The first-order valence-corrected chi connectivity index (χ1v) is 5.08. The second-order valence-corrected chi connectivity index (χ2v) is 4.52. The van der Waals surface area contributed by atoms with Gasteiger partial charge in [0.25, 0.3) is 0 Å². The lowest BCUT2D eigenvalue weighted by Crippen LogP contribution is -1.67. The Morgan fingerprint density at radius 2 is 2.18 bits per heavy atom. The van der Waals surface area contributed by atoms with Gasteiger partial charge < -0.3 is 0 Å². The van der Waals surface area contributed by atoms with E-state index >= 15 is 0 Å². The molecule has 0 fully saturated rings. The van der Waals surface area contributed by atoms with E-state index in [0.717, 1.165) is 4.47 Å². The molecule has 2 aromatic rings. The summed E-state index contributed by atoms with van der Waals surface area (Å²) in [6.45, 7) is 2.15. The molecule has 1 aromatic carbocycles. The van der Waals surface area contributed by atoms with Crippen LogP contribution in [0.5, 0.6) is 0 Å². The number of rotatable bonds is 0. The average molecular weight is 227 g/mol. The van der Waals surface area contributed by atoms with Crippen LogP contribution in [-0.2, 0) is 0 Å². The third-order valence-corrected chi connectivity index (χ3v) is 3.20. The highest BCUT2D eigenvalue weighted by atomic mass is 79.9. The van der Waals surface area contributed by atoms with Crippen LogP contribution in [0.3, 0.4) is 0 Å². The summed E-state index contributed by atoms with van der Waals surface area (Å²) in [5, 5.41) is 4.90. The molecule has 2 heteroatoms. The molecule has 0 aliphatic carbocycles. The Bertz CT molecular complexity index is 389. The first-order chi connectivity index (χ1) is 5.27. The lowest BCUT2D eigenvalue weighted by Gasteiger charge is -1.91. The third kappa shape index (κ3) is 1.21. The summed E-state index contributed by atoms with van der Waals surface area (Å²) in [5.74, 6) is 0. The molecule has 2 rings (SSSR count). The summed E-state index contributed by atoms with van der Waals surface area (Å²) < 4.78 is 1.16. The minimum atomic E-state index is 1.16. The van der Waals surface area contributed by atoms with Gasteiger partial charge in [-0.3, -0.25) is 0 Å². The molecule has 0 amide bonds. The number of aryl methyl sites for hydroxylation is 1. The van der Waals surface area contributed by atoms with Crippen molar-refractivity contribution < 1.29 is 0 Å². The van der Waals surface area contributed by atoms with Crippen LogP contribution in [0.15, 0.2) is 28.1 Å². The van der Waals surface area contributed by atoms with Gasteiger partial charge in [0.15, 0.2) is 0 Å². The molecule has 0 aliphatic rings. The molecule has 0 saturated carbocycles. The number of hydrogen-bond acceptors (Lipinski definition) is 1. The first kappa shape index (κ1) is 7.32. The lowest BCUT2D eigenvalue weighted by atomic mass is 10.2. The standard InChI is InChI=1S/C9H7BrS/c1-6-9-4-8(10)3-2-7(9)5-11-6/h2-5H,1H3. The van der Waals surface area contributed by atoms with E-state index in [9.17, 15) is 0 Å². The maximum atomic E-state index is 3.46. The molecule has 1 heterocycles. The lowest BCUT2D eigenvalue weighted by molar-refractivity contribution is 1.66. The Labute approximate surface area is 78.0 Å². The number of halogens is 1. The molecule has 56 valence electrons. The summed E-state index contributed by atoms with van der Waals surface area (Å²) in [4.78, 5) is 1.39. The topological polar surface area (TPSA) is 0 Å². The molecule has 0 radical (unpaired) electrons. The molecule has 0 atom stereocenters. The summed E-state index contributed by atoms with van der Waals surface area (Å²) in [6.07, 6.45) is 0. The largest absolute Gasteiger partial charge is 0.148 e. The molecule has 0 unspecified atom stereocenters. The van der Waals surface area contributed by atoms with Crippen molar-refractivity contribution in [1.29, 1.82) is 0 Å². The van der Waals surface area contributed by atoms with Gasteiger partial charge in [0.1, 0.15) is 0 Å². The van der Waals surface area contributed by atoms with Crippen molar-refractivity contribution in [2.75, 3.05) is 0 Å². The van der Waals surface area contributed by atoms with Crippen molar-refractivity contribution in [2.24, 2.45) is 0 Å². The van der Waals surface area contributed by atoms with Gasteiger partial charge in [0, 0.05) is 9.35 Å². The highest BCUT2D eigenvalue weighted by Crippen LogP contribution is 2.27. The molecule has 1 aromatic heterocycles. The Hall–Kier alpha value is -0.340. The third-order valence-electron chi connectivity index (χ3n) is 1.76. The molecular formula is C9H7BrS. The van der Waals surface area contributed by atoms with Crippen molar-refractivity contribution in [3.05, 3.63) is 32.9 Å². The van der Waals surface area contributed by atoms with Gasteiger partial charge in [0.2, 0.25) is 0 Å². The van der Waals surface area contributed by atoms with Gasteiger partial charge in [-0.05, 0) is 35.2 Å². The fourth-order valence-electron chi connectivity index (χ4n) is 1.15. The van der Waals surface area contributed by atoms with Gasteiger partial charge in [-0.25, -0.2) is 0 Å². The highest BCUT2D eigenvalue weighted by Gasteiger charge is 1.98. The number of fused-ring (bicyclic) bond motifs is 1. The second kappa shape index (κ2) is 2.61. The summed E-state index contributed by atoms with van der Waals surface area (Å²) in [6, 6.07) is 6.39. The van der Waals surface area contributed by atoms with Crippen LogP contribution in [-0.4, -0.2) is 0 Å². The fourth-order valence-corrected chi connectivity index (χ4v) is 2.33. The van der Waals surface area contributed by atoms with Gasteiger partial charge in [-0.1, -0.05) is 22.0 Å². The van der Waals surface area contributed by atoms with E-state index in [1.54, 1.807) is 11.3 Å². The SMILES string of the molecule is Cc1scc2ccc(Br)cc12. The highest BCUT2D eigenvalue weighted by molar-refractivity contribution is 9.10. The maximum absolute atomic E-state index is 3.46. The molecule has 0 aliphatic heterocycles. The van der Waals surface area contributed by atoms with Crippen LogP contribution < -0.4 is 0 Å². The van der Waals surface area contributed by atoms with Crippen molar-refractivity contribution in [1.82, 2.24) is 0 Å². The number of benzene rings is 1. The maximum Gasteiger partial charge on any atom is 0.0182 e.